The Morgan fingerprint density at radius 3 is 2.14 bits per heavy atom. The monoisotopic (exact) mass is 320 g/mol. The lowest BCUT2D eigenvalue weighted by atomic mass is 10.2. The number of rotatable bonds is 9. The van der Waals surface area contributed by atoms with Crippen LogP contribution in [-0.4, -0.2) is 26.8 Å². The molecule has 4 nitrogen and oxygen atoms in total. The third-order valence-electron chi connectivity index (χ3n) is 2.97. The van der Waals surface area contributed by atoms with Crippen LogP contribution in [0.5, 0.6) is 0 Å². The first-order valence-electron chi connectivity index (χ1n) is 6.99. The van der Waals surface area contributed by atoms with E-state index >= 15 is 0 Å². The lowest BCUT2D eigenvalue weighted by Crippen LogP contribution is -2.31. The van der Waals surface area contributed by atoms with Crippen molar-refractivity contribution in [1.29, 1.82) is 0 Å². The number of hydrogen-bond donors (Lipinski definition) is 2. The number of anilines is 1. The van der Waals surface area contributed by atoms with Crippen molar-refractivity contribution < 1.29 is 17.2 Å². The average Bonchev–Trinajstić information content (AvgIpc) is 2.36. The highest BCUT2D eigenvalue weighted by molar-refractivity contribution is 7.90. The van der Waals surface area contributed by atoms with Crippen molar-refractivity contribution in [2.45, 2.75) is 38.4 Å². The number of hydrogen-bond acceptors (Lipinski definition) is 3. The van der Waals surface area contributed by atoms with E-state index < -0.39 is 26.9 Å². The van der Waals surface area contributed by atoms with E-state index in [1.807, 2.05) is 0 Å². The molecule has 0 radical (unpaired) electrons. The van der Waals surface area contributed by atoms with Gasteiger partial charge < -0.3 is 5.32 Å². The summed E-state index contributed by atoms with van der Waals surface area (Å²) in [7, 11) is -3.19. The Balaban J connectivity index is 2.15. The van der Waals surface area contributed by atoms with Gasteiger partial charge in [-0.2, -0.15) is 0 Å². The van der Waals surface area contributed by atoms with Crippen molar-refractivity contribution in [3.05, 3.63) is 29.8 Å². The molecule has 120 valence electrons. The van der Waals surface area contributed by atoms with Crippen LogP contribution in [-0.2, 0) is 10.0 Å². The fourth-order valence-electron chi connectivity index (χ4n) is 1.70. The maximum absolute atomic E-state index is 12.9. The SMILES string of the molecule is CC(C)S(=O)(=O)NCCCCCNc1cc(F)cc(F)c1. The summed E-state index contributed by atoms with van der Waals surface area (Å²) in [4.78, 5) is 0. The Kier molecular flexibility index (Phi) is 7.04. The first kappa shape index (κ1) is 17.8. The van der Waals surface area contributed by atoms with Crippen LogP contribution in [0.15, 0.2) is 18.2 Å². The molecule has 0 aliphatic rings. The zero-order valence-electron chi connectivity index (χ0n) is 12.3. The minimum absolute atomic E-state index is 0.410. The van der Waals surface area contributed by atoms with Gasteiger partial charge in [0.15, 0.2) is 0 Å². The van der Waals surface area contributed by atoms with Crippen LogP contribution in [0.4, 0.5) is 14.5 Å². The van der Waals surface area contributed by atoms with Crippen LogP contribution < -0.4 is 10.0 Å². The van der Waals surface area contributed by atoms with Gasteiger partial charge in [-0.25, -0.2) is 21.9 Å². The standard InChI is InChI=1S/C14H22F2N2O2S/c1-11(2)21(19,20)18-7-5-3-4-6-17-14-9-12(15)8-13(16)10-14/h8-11,17-18H,3-7H2,1-2H3. The Morgan fingerprint density at radius 2 is 1.57 bits per heavy atom. The van der Waals surface area contributed by atoms with Crippen molar-refractivity contribution in [2.75, 3.05) is 18.4 Å². The van der Waals surface area contributed by atoms with Gasteiger partial charge in [-0.1, -0.05) is 6.42 Å². The molecule has 7 heteroatoms. The fraction of sp³-hybridized carbons (Fsp3) is 0.571. The van der Waals surface area contributed by atoms with E-state index in [1.165, 1.54) is 12.1 Å². The minimum Gasteiger partial charge on any atom is -0.385 e. The molecule has 0 fully saturated rings. The van der Waals surface area contributed by atoms with Crippen LogP contribution in [0.2, 0.25) is 0 Å². The van der Waals surface area contributed by atoms with Gasteiger partial charge in [0.2, 0.25) is 10.0 Å². The highest BCUT2D eigenvalue weighted by atomic mass is 32.2. The van der Waals surface area contributed by atoms with Gasteiger partial charge in [-0.05, 0) is 38.8 Å². The van der Waals surface area contributed by atoms with Gasteiger partial charge in [0.1, 0.15) is 11.6 Å². The normalized spacial score (nSPS) is 11.9. The molecule has 1 aromatic carbocycles. The van der Waals surface area contributed by atoms with Crippen molar-refractivity contribution in [2.24, 2.45) is 0 Å². The third kappa shape index (κ3) is 6.86. The van der Waals surface area contributed by atoms with E-state index in [2.05, 4.69) is 10.0 Å². The molecule has 0 atom stereocenters. The van der Waals surface area contributed by atoms with Crippen LogP contribution >= 0.6 is 0 Å². The minimum atomic E-state index is -3.19. The van der Waals surface area contributed by atoms with Crippen LogP contribution in [0, 0.1) is 11.6 Å². The van der Waals surface area contributed by atoms with Crippen LogP contribution in [0.1, 0.15) is 33.1 Å². The molecule has 0 saturated heterocycles. The first-order chi connectivity index (χ1) is 9.81. The molecular formula is C14H22F2N2O2S. The van der Waals surface area contributed by atoms with E-state index in [1.54, 1.807) is 13.8 Å². The van der Waals surface area contributed by atoms with E-state index in [4.69, 9.17) is 0 Å². The molecule has 1 rings (SSSR count). The quantitative estimate of drug-likeness (QED) is 0.688. The van der Waals surface area contributed by atoms with Gasteiger partial charge in [-0.15, -0.1) is 0 Å². The third-order valence-corrected chi connectivity index (χ3v) is 4.82. The number of benzene rings is 1. The highest BCUT2D eigenvalue weighted by Crippen LogP contribution is 2.12. The van der Waals surface area contributed by atoms with Gasteiger partial charge in [0.05, 0.1) is 5.25 Å². The van der Waals surface area contributed by atoms with Crippen molar-refractivity contribution >= 4 is 15.7 Å². The maximum atomic E-state index is 12.9. The van der Waals surface area contributed by atoms with Crippen LogP contribution in [0.3, 0.4) is 0 Å². The maximum Gasteiger partial charge on any atom is 0.213 e. The number of sulfonamides is 1. The Labute approximate surface area is 125 Å². The second-order valence-corrected chi connectivity index (χ2v) is 7.46. The largest absolute Gasteiger partial charge is 0.385 e. The lowest BCUT2D eigenvalue weighted by Gasteiger charge is -2.09. The van der Waals surface area contributed by atoms with Gasteiger partial charge in [0, 0.05) is 24.8 Å². The van der Waals surface area contributed by atoms with E-state index in [0.29, 0.717) is 18.8 Å². The van der Waals surface area contributed by atoms with E-state index in [9.17, 15) is 17.2 Å². The van der Waals surface area contributed by atoms with Crippen molar-refractivity contribution in [3.8, 4) is 0 Å². The molecule has 0 unspecified atom stereocenters. The summed E-state index contributed by atoms with van der Waals surface area (Å²) < 4.78 is 51.4. The Hall–Kier alpha value is -1.21. The summed E-state index contributed by atoms with van der Waals surface area (Å²) >= 11 is 0. The summed E-state index contributed by atoms with van der Waals surface area (Å²) in [6, 6.07) is 3.30. The summed E-state index contributed by atoms with van der Waals surface area (Å²) in [5, 5.41) is 2.50. The van der Waals surface area contributed by atoms with Gasteiger partial charge in [-0.3, -0.25) is 0 Å². The zero-order valence-corrected chi connectivity index (χ0v) is 13.1. The molecule has 1 aromatic rings. The summed E-state index contributed by atoms with van der Waals surface area (Å²) in [6.45, 7) is 4.25. The van der Waals surface area contributed by atoms with Crippen LogP contribution in [0.25, 0.3) is 0 Å². The molecule has 2 N–H and O–H groups in total. The predicted molar refractivity (Wildman–Crippen MR) is 80.8 cm³/mol. The van der Waals surface area contributed by atoms with Gasteiger partial charge in [0.25, 0.3) is 0 Å². The molecular weight excluding hydrogens is 298 g/mol. The second kappa shape index (κ2) is 8.29. The lowest BCUT2D eigenvalue weighted by molar-refractivity contribution is 0.566. The topological polar surface area (TPSA) is 58.2 Å². The number of nitrogens with one attached hydrogen (secondary N) is 2. The molecule has 21 heavy (non-hydrogen) atoms. The number of unbranched alkanes of at least 4 members (excludes halogenated alkanes) is 2. The first-order valence-corrected chi connectivity index (χ1v) is 8.54. The molecule has 0 aliphatic heterocycles. The smallest absolute Gasteiger partial charge is 0.213 e. The number of halogens is 2. The molecule has 0 aliphatic carbocycles. The van der Waals surface area contributed by atoms with E-state index in [-0.39, 0.29) is 0 Å². The van der Waals surface area contributed by atoms with Crippen molar-refractivity contribution in [1.82, 2.24) is 4.72 Å². The summed E-state index contributed by atoms with van der Waals surface area (Å²) in [6.07, 6.45) is 2.35. The zero-order chi connectivity index (χ0) is 15.9. The fourth-order valence-corrected chi connectivity index (χ4v) is 2.46. The molecule has 0 amide bonds. The average molecular weight is 320 g/mol. The van der Waals surface area contributed by atoms with Gasteiger partial charge >= 0.3 is 0 Å². The Bertz CT molecular complexity index is 528. The molecule has 0 aromatic heterocycles. The molecule has 0 saturated carbocycles. The van der Waals surface area contributed by atoms with Crippen molar-refractivity contribution in [3.63, 3.8) is 0 Å². The Morgan fingerprint density at radius 1 is 1.00 bits per heavy atom. The highest BCUT2D eigenvalue weighted by Gasteiger charge is 2.13. The molecule has 0 heterocycles. The molecule has 0 bridgehead atoms. The second-order valence-electron chi connectivity index (χ2n) is 5.13. The summed E-state index contributed by atoms with van der Waals surface area (Å²) in [5.74, 6) is -1.22. The summed E-state index contributed by atoms with van der Waals surface area (Å²) in [5.41, 5.74) is 0.410. The van der Waals surface area contributed by atoms with E-state index in [0.717, 1.165) is 25.3 Å². The molecule has 0 spiro atoms. The predicted octanol–water partition coefficient (Wildman–Crippen LogP) is 2.87.